The monoisotopic (exact) mass is 430 g/mol. The molecular weight excluding hydrogens is 400 g/mol. The van der Waals surface area contributed by atoms with Crippen molar-refractivity contribution >= 4 is 11.8 Å². The minimum Gasteiger partial charge on any atom is -0.497 e. The molecule has 1 N–H and O–H groups in total. The normalized spacial score (nSPS) is 11.5. The summed E-state index contributed by atoms with van der Waals surface area (Å²) < 4.78 is 5.22. The van der Waals surface area contributed by atoms with Crippen molar-refractivity contribution < 1.29 is 14.3 Å². The van der Waals surface area contributed by atoms with Crippen molar-refractivity contribution in [3.63, 3.8) is 0 Å². The van der Waals surface area contributed by atoms with Gasteiger partial charge in [-0.3, -0.25) is 9.59 Å². The van der Waals surface area contributed by atoms with Gasteiger partial charge in [-0.15, -0.1) is 0 Å². The lowest BCUT2D eigenvalue weighted by Crippen LogP contribution is -2.47. The van der Waals surface area contributed by atoms with Crippen molar-refractivity contribution in [2.45, 2.75) is 39.4 Å². The first-order valence-electron chi connectivity index (χ1n) is 10.8. The summed E-state index contributed by atoms with van der Waals surface area (Å²) in [5.74, 6) is 0.477. The number of aryl methyl sites for hydroxylation is 1. The quantitative estimate of drug-likeness (QED) is 0.551. The van der Waals surface area contributed by atoms with Crippen LogP contribution in [0.3, 0.4) is 0 Å². The molecule has 0 saturated carbocycles. The number of carbonyl (C=O) groups is 2. The van der Waals surface area contributed by atoms with Gasteiger partial charge < -0.3 is 15.0 Å². The van der Waals surface area contributed by atoms with Gasteiger partial charge in [0.15, 0.2) is 0 Å². The van der Waals surface area contributed by atoms with Gasteiger partial charge in [0, 0.05) is 13.1 Å². The first kappa shape index (κ1) is 23.1. The molecule has 0 bridgehead atoms. The molecule has 0 unspecified atom stereocenters. The molecule has 0 spiro atoms. The minimum absolute atomic E-state index is 0.0926. The highest BCUT2D eigenvalue weighted by atomic mass is 16.5. The summed E-state index contributed by atoms with van der Waals surface area (Å²) >= 11 is 0. The molecule has 0 saturated heterocycles. The number of hydrogen-bond donors (Lipinski definition) is 1. The van der Waals surface area contributed by atoms with Crippen molar-refractivity contribution in [3.05, 3.63) is 101 Å². The predicted octanol–water partition coefficient (Wildman–Crippen LogP) is 4.28. The molecule has 3 aromatic rings. The van der Waals surface area contributed by atoms with Gasteiger partial charge in [0.2, 0.25) is 11.8 Å². The van der Waals surface area contributed by atoms with Crippen LogP contribution in [0.4, 0.5) is 0 Å². The van der Waals surface area contributed by atoms with Crippen LogP contribution in [-0.2, 0) is 29.1 Å². The van der Waals surface area contributed by atoms with Crippen molar-refractivity contribution in [1.29, 1.82) is 0 Å². The van der Waals surface area contributed by atoms with Gasteiger partial charge in [-0.1, -0.05) is 72.3 Å². The number of amides is 2. The van der Waals surface area contributed by atoms with Crippen molar-refractivity contribution in [3.8, 4) is 5.75 Å². The highest BCUT2D eigenvalue weighted by Gasteiger charge is 2.26. The van der Waals surface area contributed by atoms with Gasteiger partial charge >= 0.3 is 0 Å². The number of ether oxygens (including phenoxy) is 1. The van der Waals surface area contributed by atoms with E-state index < -0.39 is 6.04 Å². The molecule has 32 heavy (non-hydrogen) atoms. The average Bonchev–Trinajstić information content (AvgIpc) is 2.82. The Morgan fingerprint density at radius 1 is 0.875 bits per heavy atom. The number of rotatable bonds is 9. The van der Waals surface area contributed by atoms with Crippen LogP contribution >= 0.6 is 0 Å². The summed E-state index contributed by atoms with van der Waals surface area (Å²) in [4.78, 5) is 27.8. The van der Waals surface area contributed by atoms with E-state index in [0.717, 1.165) is 22.4 Å². The second-order valence-electron chi connectivity index (χ2n) is 7.91. The van der Waals surface area contributed by atoms with Crippen LogP contribution in [0, 0.1) is 6.92 Å². The highest BCUT2D eigenvalue weighted by molar-refractivity contribution is 5.88. The topological polar surface area (TPSA) is 58.6 Å². The molecule has 0 aliphatic carbocycles. The fourth-order valence-electron chi connectivity index (χ4n) is 3.43. The molecule has 1 atom stereocenters. The first-order valence-corrected chi connectivity index (χ1v) is 10.8. The summed E-state index contributed by atoms with van der Waals surface area (Å²) in [6.45, 7) is 4.57. The van der Waals surface area contributed by atoms with E-state index in [-0.39, 0.29) is 18.2 Å². The molecule has 0 aliphatic heterocycles. The molecular formula is C27H30N2O3. The number of hydrogen-bond acceptors (Lipinski definition) is 3. The standard InChI is InChI=1S/C27H30N2O3/c1-20-9-11-23(12-10-20)18-28-27(31)21(2)29(19-24-13-15-25(32-3)16-14-24)26(30)17-22-7-5-4-6-8-22/h4-16,21H,17-19H2,1-3H3,(H,28,31)/t21-/m0/s1. The summed E-state index contributed by atoms with van der Waals surface area (Å²) in [5, 5.41) is 2.97. The Morgan fingerprint density at radius 3 is 2.12 bits per heavy atom. The van der Waals surface area contributed by atoms with Gasteiger partial charge in [0.05, 0.1) is 13.5 Å². The van der Waals surface area contributed by atoms with Gasteiger partial charge in [0.1, 0.15) is 11.8 Å². The van der Waals surface area contributed by atoms with E-state index in [1.54, 1.807) is 18.9 Å². The van der Waals surface area contributed by atoms with Crippen LogP contribution in [0.25, 0.3) is 0 Å². The molecule has 0 radical (unpaired) electrons. The van der Waals surface area contributed by atoms with E-state index >= 15 is 0 Å². The number of methoxy groups -OCH3 is 1. The summed E-state index contributed by atoms with van der Waals surface area (Å²) in [6.07, 6.45) is 0.243. The van der Waals surface area contributed by atoms with Crippen molar-refractivity contribution in [2.24, 2.45) is 0 Å². The lowest BCUT2D eigenvalue weighted by molar-refractivity contribution is -0.140. The Morgan fingerprint density at radius 2 is 1.50 bits per heavy atom. The van der Waals surface area contributed by atoms with Gasteiger partial charge in [-0.2, -0.15) is 0 Å². The molecule has 0 heterocycles. The number of nitrogens with one attached hydrogen (secondary N) is 1. The Kier molecular flexibility index (Phi) is 8.03. The summed E-state index contributed by atoms with van der Waals surface area (Å²) in [6, 6.07) is 24.6. The second kappa shape index (κ2) is 11.1. The van der Waals surface area contributed by atoms with Crippen LogP contribution in [0.15, 0.2) is 78.9 Å². The maximum absolute atomic E-state index is 13.2. The summed E-state index contributed by atoms with van der Waals surface area (Å²) in [7, 11) is 1.62. The predicted molar refractivity (Wildman–Crippen MR) is 126 cm³/mol. The summed E-state index contributed by atoms with van der Waals surface area (Å²) in [5.41, 5.74) is 4.05. The number of carbonyl (C=O) groups excluding carboxylic acids is 2. The SMILES string of the molecule is COc1ccc(CN(C(=O)Cc2ccccc2)[C@@H](C)C(=O)NCc2ccc(C)cc2)cc1. The Bertz CT molecular complexity index is 1020. The smallest absolute Gasteiger partial charge is 0.242 e. The van der Waals surface area contributed by atoms with Crippen LogP contribution in [-0.4, -0.2) is 29.9 Å². The Hall–Kier alpha value is -3.60. The zero-order valence-electron chi connectivity index (χ0n) is 18.9. The van der Waals surface area contributed by atoms with E-state index in [4.69, 9.17) is 4.74 Å². The van der Waals surface area contributed by atoms with E-state index in [1.807, 2.05) is 85.8 Å². The van der Waals surface area contributed by atoms with Crippen LogP contribution < -0.4 is 10.1 Å². The zero-order chi connectivity index (χ0) is 22.9. The third-order valence-corrected chi connectivity index (χ3v) is 5.46. The number of nitrogens with zero attached hydrogens (tertiary/aromatic N) is 1. The molecule has 5 heteroatoms. The molecule has 2 amide bonds. The maximum atomic E-state index is 13.2. The lowest BCUT2D eigenvalue weighted by Gasteiger charge is -2.29. The fraction of sp³-hybridized carbons (Fsp3) is 0.259. The first-order chi connectivity index (χ1) is 15.5. The maximum Gasteiger partial charge on any atom is 0.242 e. The Labute approximate surface area is 190 Å². The van der Waals surface area contributed by atoms with Gasteiger partial charge in [-0.05, 0) is 42.7 Å². The Balaban J connectivity index is 1.73. The third kappa shape index (κ3) is 6.45. The van der Waals surface area contributed by atoms with E-state index in [9.17, 15) is 9.59 Å². The van der Waals surface area contributed by atoms with Crippen LogP contribution in [0.5, 0.6) is 5.75 Å². The van der Waals surface area contributed by atoms with E-state index in [0.29, 0.717) is 13.1 Å². The third-order valence-electron chi connectivity index (χ3n) is 5.46. The largest absolute Gasteiger partial charge is 0.497 e. The minimum atomic E-state index is -0.612. The van der Waals surface area contributed by atoms with Crippen LogP contribution in [0.2, 0.25) is 0 Å². The molecule has 0 fully saturated rings. The van der Waals surface area contributed by atoms with Crippen molar-refractivity contribution in [2.75, 3.05) is 7.11 Å². The van der Waals surface area contributed by atoms with Gasteiger partial charge in [0.25, 0.3) is 0 Å². The van der Waals surface area contributed by atoms with Crippen molar-refractivity contribution in [1.82, 2.24) is 10.2 Å². The number of benzene rings is 3. The fourth-order valence-corrected chi connectivity index (χ4v) is 3.43. The molecule has 3 aromatic carbocycles. The lowest BCUT2D eigenvalue weighted by atomic mass is 10.1. The average molecular weight is 431 g/mol. The molecule has 3 rings (SSSR count). The molecule has 166 valence electrons. The second-order valence-corrected chi connectivity index (χ2v) is 7.91. The zero-order valence-corrected chi connectivity index (χ0v) is 18.9. The highest BCUT2D eigenvalue weighted by Crippen LogP contribution is 2.16. The molecule has 5 nitrogen and oxygen atoms in total. The van der Waals surface area contributed by atoms with Crippen LogP contribution in [0.1, 0.15) is 29.2 Å². The van der Waals surface area contributed by atoms with E-state index in [2.05, 4.69) is 5.32 Å². The molecule has 0 aliphatic rings. The van der Waals surface area contributed by atoms with E-state index in [1.165, 1.54) is 5.56 Å². The molecule has 0 aromatic heterocycles. The van der Waals surface area contributed by atoms with Gasteiger partial charge in [-0.25, -0.2) is 0 Å².